The summed E-state index contributed by atoms with van der Waals surface area (Å²) in [4.78, 5) is 15.7. The highest BCUT2D eigenvalue weighted by molar-refractivity contribution is 7.84. The van der Waals surface area contributed by atoms with Crippen LogP contribution < -0.4 is 16.0 Å². The van der Waals surface area contributed by atoms with Gasteiger partial charge in [0.1, 0.15) is 5.60 Å². The molecule has 0 heterocycles. The zero-order valence-corrected chi connectivity index (χ0v) is 17.5. The van der Waals surface area contributed by atoms with E-state index in [-0.39, 0.29) is 0 Å². The molecule has 0 aliphatic rings. The van der Waals surface area contributed by atoms with Crippen LogP contribution in [0.25, 0.3) is 0 Å². The number of aliphatic imine (C=N–C) groups is 1. The first-order valence-corrected chi connectivity index (χ1v) is 10.6. The van der Waals surface area contributed by atoms with Crippen LogP contribution >= 0.6 is 0 Å². The lowest BCUT2D eigenvalue weighted by Crippen LogP contribution is -2.40. The molecule has 0 spiro atoms. The molecule has 0 aliphatic carbocycles. The molecule has 0 saturated carbocycles. The van der Waals surface area contributed by atoms with Crippen LogP contribution in [0.1, 0.15) is 32.8 Å². The van der Waals surface area contributed by atoms with E-state index in [0.717, 1.165) is 12.0 Å². The van der Waals surface area contributed by atoms with E-state index in [1.165, 1.54) is 0 Å². The van der Waals surface area contributed by atoms with E-state index in [2.05, 4.69) is 20.9 Å². The van der Waals surface area contributed by atoms with Gasteiger partial charge in [-0.15, -0.1) is 0 Å². The number of nitrogens with one attached hydrogen (secondary N) is 3. The van der Waals surface area contributed by atoms with E-state index in [1.807, 2.05) is 51.1 Å². The molecule has 8 heteroatoms. The molecule has 3 N–H and O–H groups in total. The van der Waals surface area contributed by atoms with Gasteiger partial charge >= 0.3 is 6.09 Å². The zero-order valence-electron chi connectivity index (χ0n) is 16.7. The van der Waals surface area contributed by atoms with Gasteiger partial charge in [-0.1, -0.05) is 30.3 Å². The fourth-order valence-corrected chi connectivity index (χ4v) is 3.17. The summed E-state index contributed by atoms with van der Waals surface area (Å²) in [5.41, 5.74) is 0.588. The zero-order chi connectivity index (χ0) is 20.1. The van der Waals surface area contributed by atoms with Gasteiger partial charge in [0, 0.05) is 49.0 Å². The van der Waals surface area contributed by atoms with Crippen molar-refractivity contribution >= 4 is 22.9 Å². The summed E-state index contributed by atoms with van der Waals surface area (Å²) in [6.07, 6.45) is 0.325. The number of hydrogen-bond acceptors (Lipinski definition) is 4. The normalized spacial score (nSPS) is 13.0. The number of benzene rings is 1. The summed E-state index contributed by atoms with van der Waals surface area (Å²) in [5.74, 6) is 1.77. The predicted octanol–water partition coefficient (Wildman–Crippen LogP) is 2.02. The molecule has 0 aromatic heterocycles. The van der Waals surface area contributed by atoms with Crippen molar-refractivity contribution in [3.8, 4) is 0 Å². The Bertz CT molecular complexity index is 615. The Morgan fingerprint density at radius 1 is 1.07 bits per heavy atom. The summed E-state index contributed by atoms with van der Waals surface area (Å²) >= 11 is 0. The Labute approximate surface area is 164 Å². The highest BCUT2D eigenvalue weighted by Gasteiger charge is 2.15. The Morgan fingerprint density at radius 3 is 2.33 bits per heavy atom. The number of rotatable bonds is 9. The van der Waals surface area contributed by atoms with Crippen LogP contribution in [-0.2, 0) is 21.3 Å². The first-order chi connectivity index (χ1) is 12.8. The molecule has 0 saturated heterocycles. The molecule has 27 heavy (non-hydrogen) atoms. The van der Waals surface area contributed by atoms with Crippen LogP contribution in [0.2, 0.25) is 0 Å². The monoisotopic (exact) mass is 396 g/mol. The van der Waals surface area contributed by atoms with E-state index in [1.54, 1.807) is 7.05 Å². The quantitative estimate of drug-likeness (QED) is 0.337. The van der Waals surface area contributed by atoms with Gasteiger partial charge in [-0.3, -0.25) is 9.20 Å². The highest BCUT2D eigenvalue weighted by atomic mass is 32.2. The summed E-state index contributed by atoms with van der Waals surface area (Å²) in [7, 11) is 0.771. The van der Waals surface area contributed by atoms with Gasteiger partial charge < -0.3 is 20.7 Å². The summed E-state index contributed by atoms with van der Waals surface area (Å²) in [5, 5.41) is 9.02. The first kappa shape index (κ1) is 23.0. The number of amides is 1. The lowest BCUT2D eigenvalue weighted by molar-refractivity contribution is 0.0527. The van der Waals surface area contributed by atoms with Gasteiger partial charge in [-0.2, -0.15) is 0 Å². The fourth-order valence-electron chi connectivity index (χ4n) is 2.14. The minimum atomic E-state index is -0.919. The van der Waals surface area contributed by atoms with Crippen molar-refractivity contribution in [2.45, 2.75) is 38.5 Å². The van der Waals surface area contributed by atoms with Crippen LogP contribution in [0.3, 0.4) is 0 Å². The molecule has 1 aromatic carbocycles. The summed E-state index contributed by atoms with van der Waals surface area (Å²) < 4.78 is 17.3. The van der Waals surface area contributed by atoms with Gasteiger partial charge in [0.15, 0.2) is 5.96 Å². The maximum absolute atomic E-state index is 12.1. The predicted molar refractivity (Wildman–Crippen MR) is 111 cm³/mol. The maximum atomic E-state index is 12.1. The minimum absolute atomic E-state index is 0.411. The third-order valence-electron chi connectivity index (χ3n) is 3.33. The SMILES string of the molecule is CN=C(NCCCNC(=O)OC(C)(C)C)NCCS(=O)Cc1ccccc1. The van der Waals surface area contributed by atoms with Crippen LogP contribution in [0.4, 0.5) is 4.79 Å². The lowest BCUT2D eigenvalue weighted by Gasteiger charge is -2.19. The summed E-state index contributed by atoms with van der Waals surface area (Å²) in [6, 6.07) is 9.82. The van der Waals surface area contributed by atoms with Crippen molar-refractivity contribution in [3.63, 3.8) is 0 Å². The van der Waals surface area contributed by atoms with Crippen molar-refractivity contribution in [2.24, 2.45) is 4.99 Å². The van der Waals surface area contributed by atoms with Crippen molar-refractivity contribution < 1.29 is 13.7 Å². The first-order valence-electron chi connectivity index (χ1n) is 9.10. The Hall–Kier alpha value is -2.09. The lowest BCUT2D eigenvalue weighted by atomic mass is 10.2. The fraction of sp³-hybridized carbons (Fsp3) is 0.579. The average molecular weight is 397 g/mol. The van der Waals surface area contributed by atoms with Gasteiger partial charge in [-0.25, -0.2) is 4.79 Å². The second-order valence-electron chi connectivity index (χ2n) is 6.98. The summed E-state index contributed by atoms with van der Waals surface area (Å²) in [6.45, 7) is 7.24. The van der Waals surface area contributed by atoms with Gasteiger partial charge in [-0.05, 0) is 32.8 Å². The smallest absolute Gasteiger partial charge is 0.407 e. The Morgan fingerprint density at radius 2 is 1.70 bits per heavy atom. The molecule has 0 bridgehead atoms. The standard InChI is InChI=1S/C19H32N4O3S/c1-19(2,3)26-18(24)23-12-8-11-21-17(20-4)22-13-14-27(25)15-16-9-6-5-7-10-16/h5-7,9-10H,8,11-15H2,1-4H3,(H,23,24)(H2,20,21,22). The second-order valence-corrected chi connectivity index (χ2v) is 8.56. The third-order valence-corrected chi connectivity index (χ3v) is 4.65. The molecule has 0 fully saturated rings. The number of carbonyl (C=O) groups is 1. The molecular weight excluding hydrogens is 364 g/mol. The largest absolute Gasteiger partial charge is 0.444 e. The Balaban J connectivity index is 2.13. The van der Waals surface area contributed by atoms with Gasteiger partial charge in [0.05, 0.1) is 0 Å². The van der Waals surface area contributed by atoms with Crippen molar-refractivity contribution in [3.05, 3.63) is 35.9 Å². The maximum Gasteiger partial charge on any atom is 0.407 e. The van der Waals surface area contributed by atoms with Crippen LogP contribution in [-0.4, -0.2) is 54.3 Å². The van der Waals surface area contributed by atoms with Gasteiger partial charge in [0.2, 0.25) is 0 Å². The number of guanidine groups is 1. The van der Waals surface area contributed by atoms with Gasteiger partial charge in [0.25, 0.3) is 0 Å². The van der Waals surface area contributed by atoms with Crippen molar-refractivity contribution in [1.82, 2.24) is 16.0 Å². The van der Waals surface area contributed by atoms with Crippen LogP contribution in [0.5, 0.6) is 0 Å². The number of carbonyl (C=O) groups excluding carboxylic acids is 1. The number of alkyl carbamates (subject to hydrolysis) is 1. The van der Waals surface area contributed by atoms with E-state index >= 15 is 0 Å². The average Bonchev–Trinajstić information content (AvgIpc) is 2.59. The molecule has 7 nitrogen and oxygen atoms in total. The molecule has 152 valence electrons. The van der Waals surface area contributed by atoms with E-state index in [0.29, 0.717) is 37.1 Å². The van der Waals surface area contributed by atoms with E-state index < -0.39 is 22.5 Å². The van der Waals surface area contributed by atoms with Crippen LogP contribution in [0, 0.1) is 0 Å². The highest BCUT2D eigenvalue weighted by Crippen LogP contribution is 2.06. The molecule has 1 aromatic rings. The molecule has 1 atom stereocenters. The minimum Gasteiger partial charge on any atom is -0.444 e. The second kappa shape index (κ2) is 12.3. The molecule has 1 amide bonds. The van der Waals surface area contributed by atoms with Crippen LogP contribution in [0.15, 0.2) is 35.3 Å². The third kappa shape index (κ3) is 12.0. The molecular formula is C19H32N4O3S. The van der Waals surface area contributed by atoms with E-state index in [4.69, 9.17) is 4.74 Å². The number of nitrogens with zero attached hydrogens (tertiary/aromatic N) is 1. The molecule has 1 unspecified atom stereocenters. The molecule has 0 radical (unpaired) electrons. The number of hydrogen-bond donors (Lipinski definition) is 3. The van der Waals surface area contributed by atoms with Crippen molar-refractivity contribution in [2.75, 3.05) is 32.4 Å². The number of ether oxygens (including phenoxy) is 1. The van der Waals surface area contributed by atoms with Crippen molar-refractivity contribution in [1.29, 1.82) is 0 Å². The topological polar surface area (TPSA) is 91.8 Å². The van der Waals surface area contributed by atoms with E-state index in [9.17, 15) is 9.00 Å². The molecule has 0 aliphatic heterocycles. The Kier molecular flexibility index (Phi) is 10.5. The molecule has 1 rings (SSSR count).